The summed E-state index contributed by atoms with van der Waals surface area (Å²) in [6.45, 7) is 8.02. The van der Waals surface area contributed by atoms with Gasteiger partial charge in [0.05, 0.1) is 6.61 Å². The second kappa shape index (κ2) is 7.30. The SMILES string of the molecule is CCOC(=O)[C@@]1(C(N)=O)O[C@@]12CC[C@@H]1[C@@H]3CC=C4C[C@@H](OC(C)=O)CC[C@]4(C)[C@@H]3CC[C@@]12C. The summed E-state index contributed by atoms with van der Waals surface area (Å²) in [5.41, 5.74) is 4.57. The molecule has 7 nitrogen and oxygen atoms in total. The topological polar surface area (TPSA) is 108 Å². The highest BCUT2D eigenvalue weighted by molar-refractivity contribution is 6.10. The van der Waals surface area contributed by atoms with Gasteiger partial charge in [0, 0.05) is 18.8 Å². The Bertz CT molecular complexity index is 930. The summed E-state index contributed by atoms with van der Waals surface area (Å²) in [6.07, 6.45) is 9.68. The molecule has 5 aliphatic rings. The molecule has 1 saturated heterocycles. The van der Waals surface area contributed by atoms with Crippen molar-refractivity contribution in [3.05, 3.63) is 11.6 Å². The Hall–Kier alpha value is -1.89. The number of epoxide rings is 1. The lowest BCUT2D eigenvalue weighted by Crippen LogP contribution is -2.56. The van der Waals surface area contributed by atoms with E-state index >= 15 is 0 Å². The third-order valence-electron chi connectivity index (χ3n) is 10.3. The van der Waals surface area contributed by atoms with Crippen molar-refractivity contribution < 1.29 is 28.6 Å². The zero-order valence-electron chi connectivity index (χ0n) is 20.3. The Morgan fingerprint density at radius 2 is 1.85 bits per heavy atom. The molecule has 8 atom stereocenters. The van der Waals surface area contributed by atoms with Crippen LogP contribution in [0.25, 0.3) is 0 Å². The van der Waals surface area contributed by atoms with E-state index in [1.165, 1.54) is 12.5 Å². The fraction of sp³-hybridized carbons (Fsp3) is 0.808. The van der Waals surface area contributed by atoms with Crippen LogP contribution >= 0.6 is 0 Å². The number of primary amides is 1. The van der Waals surface area contributed by atoms with Crippen LogP contribution in [0, 0.1) is 28.6 Å². The lowest BCUT2D eigenvalue weighted by molar-refractivity contribution is -0.153. The number of carbonyl (C=O) groups is 3. The first-order valence-electron chi connectivity index (χ1n) is 12.6. The monoisotopic (exact) mass is 459 g/mol. The summed E-state index contributed by atoms with van der Waals surface area (Å²) < 4.78 is 17.0. The third-order valence-corrected chi connectivity index (χ3v) is 10.3. The molecule has 0 radical (unpaired) electrons. The number of fused-ring (bicyclic) bond motifs is 6. The Morgan fingerprint density at radius 3 is 2.52 bits per heavy atom. The van der Waals surface area contributed by atoms with E-state index in [9.17, 15) is 14.4 Å². The van der Waals surface area contributed by atoms with Gasteiger partial charge in [0.1, 0.15) is 11.7 Å². The van der Waals surface area contributed by atoms with Crippen LogP contribution in [0.3, 0.4) is 0 Å². The number of amides is 1. The number of rotatable bonds is 4. The Labute approximate surface area is 195 Å². The number of ether oxygens (including phenoxy) is 3. The molecular formula is C26H37NO6. The van der Waals surface area contributed by atoms with Gasteiger partial charge >= 0.3 is 11.9 Å². The minimum Gasteiger partial charge on any atom is -0.463 e. The second-order valence-corrected chi connectivity index (χ2v) is 11.4. The van der Waals surface area contributed by atoms with E-state index in [0.717, 1.165) is 44.9 Å². The first kappa shape index (κ1) is 22.9. The normalized spacial score (nSPS) is 47.6. The van der Waals surface area contributed by atoms with E-state index in [1.807, 2.05) is 0 Å². The fourth-order valence-corrected chi connectivity index (χ4v) is 8.73. The fourth-order valence-electron chi connectivity index (χ4n) is 8.73. The molecule has 4 fully saturated rings. The molecule has 1 spiro atoms. The van der Waals surface area contributed by atoms with Crippen molar-refractivity contribution in [1.82, 2.24) is 0 Å². The molecule has 182 valence electrons. The molecular weight excluding hydrogens is 422 g/mol. The number of allylic oxidation sites excluding steroid dienone is 1. The van der Waals surface area contributed by atoms with Crippen LogP contribution < -0.4 is 5.73 Å². The first-order valence-corrected chi connectivity index (χ1v) is 12.6. The van der Waals surface area contributed by atoms with Gasteiger partial charge in [0.2, 0.25) is 0 Å². The second-order valence-electron chi connectivity index (χ2n) is 11.4. The van der Waals surface area contributed by atoms with Gasteiger partial charge in [-0.05, 0) is 75.0 Å². The van der Waals surface area contributed by atoms with Gasteiger partial charge in [-0.2, -0.15) is 0 Å². The van der Waals surface area contributed by atoms with Gasteiger partial charge in [0.25, 0.3) is 11.5 Å². The van der Waals surface area contributed by atoms with Gasteiger partial charge in [0.15, 0.2) is 0 Å². The smallest absolute Gasteiger partial charge is 0.351 e. The molecule has 4 aliphatic carbocycles. The number of hydrogen-bond acceptors (Lipinski definition) is 6. The maximum Gasteiger partial charge on any atom is 0.351 e. The summed E-state index contributed by atoms with van der Waals surface area (Å²) in [6, 6.07) is 0. The van der Waals surface area contributed by atoms with Crippen LogP contribution in [0.4, 0.5) is 0 Å². The van der Waals surface area contributed by atoms with E-state index in [4.69, 9.17) is 19.9 Å². The molecule has 5 rings (SSSR count). The van der Waals surface area contributed by atoms with E-state index in [1.54, 1.807) is 6.92 Å². The van der Waals surface area contributed by atoms with Crippen LogP contribution in [-0.2, 0) is 28.6 Å². The molecule has 3 saturated carbocycles. The average Bonchev–Trinajstić information content (AvgIpc) is 3.36. The van der Waals surface area contributed by atoms with Crippen molar-refractivity contribution in [1.29, 1.82) is 0 Å². The van der Waals surface area contributed by atoms with Crippen LogP contribution in [-0.4, -0.2) is 41.8 Å². The summed E-state index contributed by atoms with van der Waals surface area (Å²) in [7, 11) is 0. The zero-order chi connectivity index (χ0) is 23.8. The molecule has 1 heterocycles. The molecule has 1 aliphatic heterocycles. The van der Waals surface area contributed by atoms with Crippen LogP contribution in [0.2, 0.25) is 0 Å². The maximum atomic E-state index is 12.9. The highest BCUT2D eigenvalue weighted by Gasteiger charge is 2.88. The highest BCUT2D eigenvalue weighted by atomic mass is 16.7. The lowest BCUT2D eigenvalue weighted by atomic mass is 9.47. The van der Waals surface area contributed by atoms with Crippen LogP contribution in [0.5, 0.6) is 0 Å². The van der Waals surface area contributed by atoms with Crippen molar-refractivity contribution in [2.75, 3.05) is 6.61 Å². The summed E-state index contributed by atoms with van der Waals surface area (Å²) in [5.74, 6) is -0.138. The van der Waals surface area contributed by atoms with Gasteiger partial charge in [-0.15, -0.1) is 0 Å². The molecule has 33 heavy (non-hydrogen) atoms. The molecule has 0 bridgehead atoms. The molecule has 1 amide bonds. The lowest BCUT2D eigenvalue weighted by Gasteiger charge is -2.57. The Kier molecular flexibility index (Phi) is 5.06. The third kappa shape index (κ3) is 2.80. The van der Waals surface area contributed by atoms with E-state index < -0.39 is 23.1 Å². The zero-order valence-corrected chi connectivity index (χ0v) is 20.3. The number of esters is 2. The number of hydrogen-bond donors (Lipinski definition) is 1. The minimum absolute atomic E-state index is 0.0115. The summed E-state index contributed by atoms with van der Waals surface area (Å²) in [5, 5.41) is 0. The van der Waals surface area contributed by atoms with Crippen molar-refractivity contribution in [3.8, 4) is 0 Å². The quantitative estimate of drug-likeness (QED) is 0.299. The summed E-state index contributed by atoms with van der Waals surface area (Å²) >= 11 is 0. The molecule has 2 N–H and O–H groups in total. The van der Waals surface area contributed by atoms with Crippen molar-refractivity contribution in [2.45, 2.75) is 96.4 Å². The predicted octanol–water partition coefficient (Wildman–Crippen LogP) is 3.44. The molecule has 0 aromatic rings. The van der Waals surface area contributed by atoms with Crippen LogP contribution in [0.1, 0.15) is 79.1 Å². The summed E-state index contributed by atoms with van der Waals surface area (Å²) in [4.78, 5) is 36.9. The predicted molar refractivity (Wildman–Crippen MR) is 120 cm³/mol. The molecule has 0 aromatic carbocycles. The van der Waals surface area contributed by atoms with Gasteiger partial charge < -0.3 is 19.9 Å². The van der Waals surface area contributed by atoms with E-state index in [2.05, 4.69) is 19.9 Å². The molecule has 7 heteroatoms. The average molecular weight is 460 g/mol. The van der Waals surface area contributed by atoms with Gasteiger partial charge in [-0.3, -0.25) is 9.59 Å². The Balaban J connectivity index is 1.43. The van der Waals surface area contributed by atoms with Gasteiger partial charge in [-0.25, -0.2) is 4.79 Å². The molecule has 0 unspecified atom stereocenters. The maximum absolute atomic E-state index is 12.9. The standard InChI is InChI=1S/C26H37NO6/c1-5-31-22(30)26(21(27)29)25(33-26)13-10-20-18-7-6-16-14-17(32-15(2)28)8-11-23(16,3)19(18)9-12-24(20,25)4/h6,17-20H,5,7-14H2,1-4H3,(H2,27,29)/t17-,18+,19+,20+,23-,24-,25+,26+/m0/s1. The number of carbonyl (C=O) groups excluding carboxylic acids is 3. The largest absolute Gasteiger partial charge is 0.463 e. The first-order chi connectivity index (χ1) is 15.6. The van der Waals surface area contributed by atoms with E-state index in [0.29, 0.717) is 24.2 Å². The Morgan fingerprint density at radius 1 is 1.12 bits per heavy atom. The van der Waals surface area contributed by atoms with Crippen molar-refractivity contribution >= 4 is 17.8 Å². The van der Waals surface area contributed by atoms with Crippen molar-refractivity contribution in [3.63, 3.8) is 0 Å². The molecule has 0 aromatic heterocycles. The van der Waals surface area contributed by atoms with Crippen LogP contribution in [0.15, 0.2) is 11.6 Å². The van der Waals surface area contributed by atoms with Crippen molar-refractivity contribution in [2.24, 2.45) is 34.3 Å². The van der Waals surface area contributed by atoms with E-state index in [-0.39, 0.29) is 29.5 Å². The number of nitrogens with two attached hydrogens (primary N) is 1. The minimum atomic E-state index is -1.64. The highest BCUT2D eigenvalue weighted by Crippen LogP contribution is 2.75. The van der Waals surface area contributed by atoms with Gasteiger partial charge in [-0.1, -0.05) is 25.5 Å².